The summed E-state index contributed by atoms with van der Waals surface area (Å²) < 4.78 is 16.3. The normalized spacial score (nSPS) is 12.5. The minimum atomic E-state index is -0.552. The summed E-state index contributed by atoms with van der Waals surface area (Å²) in [6, 6.07) is 9.00. The molecule has 1 atom stereocenters. The number of rotatable bonds is 2. The number of hydrogen-bond acceptors (Lipinski definition) is 0. The Labute approximate surface area is 141 Å². The lowest BCUT2D eigenvalue weighted by atomic mass is 10.0. The van der Waals surface area contributed by atoms with Crippen LogP contribution < -0.4 is 0 Å². The summed E-state index contributed by atoms with van der Waals surface area (Å²) in [6.45, 7) is 1.99. The largest absolute Gasteiger partial charge is 0.205 e. The smallest absolute Gasteiger partial charge is 0.142 e. The van der Waals surface area contributed by atoms with E-state index in [-0.39, 0.29) is 5.82 Å². The zero-order valence-electron chi connectivity index (χ0n) is 9.85. The minimum absolute atomic E-state index is 0.328. The molecule has 0 aliphatic carbocycles. The van der Waals surface area contributed by atoms with E-state index in [4.69, 9.17) is 11.6 Å². The molecule has 19 heavy (non-hydrogen) atoms. The summed E-state index contributed by atoms with van der Waals surface area (Å²) in [5, 5.41) is -0.552. The first-order chi connectivity index (χ1) is 8.91. The van der Waals surface area contributed by atoms with Crippen molar-refractivity contribution in [3.63, 3.8) is 0 Å². The number of hydrogen-bond donors (Lipinski definition) is 0. The van der Waals surface area contributed by atoms with Gasteiger partial charge in [0.05, 0.1) is 9.85 Å². The van der Waals surface area contributed by atoms with E-state index in [9.17, 15) is 4.39 Å². The number of benzene rings is 2. The molecule has 0 bridgehead atoms. The van der Waals surface area contributed by atoms with Crippen LogP contribution in [0.3, 0.4) is 0 Å². The summed E-state index contributed by atoms with van der Waals surface area (Å²) in [5.74, 6) is -0.328. The average Bonchev–Trinajstić information content (AvgIpc) is 2.36. The van der Waals surface area contributed by atoms with Crippen LogP contribution in [0.15, 0.2) is 43.7 Å². The Morgan fingerprint density at radius 1 is 1.00 bits per heavy atom. The van der Waals surface area contributed by atoms with Gasteiger partial charge in [-0.05, 0) is 52.2 Å². The highest BCUT2D eigenvalue weighted by Gasteiger charge is 2.20. The molecule has 0 aliphatic heterocycles. The summed E-state index contributed by atoms with van der Waals surface area (Å²) in [4.78, 5) is 0. The van der Waals surface area contributed by atoms with Crippen molar-refractivity contribution >= 4 is 59.4 Å². The van der Waals surface area contributed by atoms with Crippen LogP contribution in [-0.2, 0) is 0 Å². The third-order valence-corrected chi connectivity index (χ3v) is 5.43. The van der Waals surface area contributed by atoms with E-state index in [0.717, 1.165) is 20.1 Å². The van der Waals surface area contributed by atoms with Crippen molar-refractivity contribution in [2.75, 3.05) is 0 Å². The molecule has 0 saturated carbocycles. The third kappa shape index (κ3) is 3.23. The fraction of sp³-hybridized carbons (Fsp3) is 0.143. The van der Waals surface area contributed by atoms with Crippen LogP contribution in [0.2, 0.25) is 0 Å². The molecule has 0 saturated heterocycles. The molecule has 5 heteroatoms. The number of alkyl halides is 1. The molecule has 2 rings (SSSR count). The van der Waals surface area contributed by atoms with Gasteiger partial charge in [0.1, 0.15) is 5.82 Å². The van der Waals surface area contributed by atoms with Gasteiger partial charge in [-0.1, -0.05) is 44.0 Å². The van der Waals surface area contributed by atoms with Crippen molar-refractivity contribution in [3.05, 3.63) is 66.3 Å². The van der Waals surface area contributed by atoms with Gasteiger partial charge < -0.3 is 0 Å². The first-order valence-corrected chi connectivity index (χ1v) is 8.27. The van der Waals surface area contributed by atoms with Gasteiger partial charge in [-0.2, -0.15) is 0 Å². The molecule has 0 nitrogen and oxygen atoms in total. The Hall–Kier alpha value is 0.1000. The molecular formula is C14H9Br3ClF. The molecule has 1 unspecified atom stereocenters. The summed E-state index contributed by atoms with van der Waals surface area (Å²) in [6.07, 6.45) is 0. The predicted molar refractivity (Wildman–Crippen MR) is 88.4 cm³/mol. The summed E-state index contributed by atoms with van der Waals surface area (Å²) in [7, 11) is 0. The molecule has 0 amide bonds. The van der Waals surface area contributed by atoms with Crippen molar-refractivity contribution in [3.8, 4) is 0 Å². The molecule has 2 aromatic carbocycles. The van der Waals surface area contributed by atoms with E-state index in [1.165, 1.54) is 0 Å². The molecule has 0 aromatic heterocycles. The molecule has 0 aliphatic rings. The number of aryl methyl sites for hydroxylation is 1. The van der Waals surface area contributed by atoms with E-state index >= 15 is 0 Å². The van der Waals surface area contributed by atoms with Gasteiger partial charge >= 0.3 is 0 Å². The maximum absolute atomic E-state index is 14.1. The topological polar surface area (TPSA) is 0 Å². The van der Waals surface area contributed by atoms with Gasteiger partial charge in [-0.15, -0.1) is 11.6 Å². The fourth-order valence-electron chi connectivity index (χ4n) is 1.74. The minimum Gasteiger partial charge on any atom is -0.205 e. The van der Waals surface area contributed by atoms with Crippen molar-refractivity contribution in [2.45, 2.75) is 12.3 Å². The highest BCUT2D eigenvalue weighted by atomic mass is 79.9. The molecule has 0 radical (unpaired) electrons. The highest BCUT2D eigenvalue weighted by molar-refractivity contribution is 9.11. The highest BCUT2D eigenvalue weighted by Crippen LogP contribution is 2.38. The second kappa shape index (κ2) is 6.25. The lowest BCUT2D eigenvalue weighted by Gasteiger charge is -2.15. The zero-order valence-corrected chi connectivity index (χ0v) is 15.4. The van der Waals surface area contributed by atoms with E-state index in [2.05, 4.69) is 47.8 Å². The van der Waals surface area contributed by atoms with E-state index in [0.29, 0.717) is 10.0 Å². The van der Waals surface area contributed by atoms with Crippen LogP contribution in [0.4, 0.5) is 4.39 Å². The monoisotopic (exact) mass is 468 g/mol. The SMILES string of the molecule is Cc1cc(Br)c(C(Cl)c2cccc(Br)c2F)cc1Br. The molecule has 2 aromatic rings. The van der Waals surface area contributed by atoms with Crippen LogP contribution in [0.25, 0.3) is 0 Å². The van der Waals surface area contributed by atoms with Crippen LogP contribution in [-0.4, -0.2) is 0 Å². The molecule has 0 N–H and O–H groups in total. The van der Waals surface area contributed by atoms with Crippen LogP contribution in [0.1, 0.15) is 22.1 Å². The summed E-state index contributed by atoms with van der Waals surface area (Å²) >= 11 is 16.6. The second-order valence-electron chi connectivity index (χ2n) is 4.13. The van der Waals surface area contributed by atoms with Gasteiger partial charge in [0, 0.05) is 14.5 Å². The zero-order chi connectivity index (χ0) is 14.2. The quantitative estimate of drug-likeness (QED) is 0.425. The number of halogens is 5. The lowest BCUT2D eigenvalue weighted by molar-refractivity contribution is 0.605. The molecule has 0 fully saturated rings. The van der Waals surface area contributed by atoms with Crippen LogP contribution in [0.5, 0.6) is 0 Å². The van der Waals surface area contributed by atoms with E-state index in [1.807, 2.05) is 19.1 Å². The molecule has 0 spiro atoms. The van der Waals surface area contributed by atoms with Crippen molar-refractivity contribution in [2.24, 2.45) is 0 Å². The Morgan fingerprint density at radius 2 is 1.68 bits per heavy atom. The van der Waals surface area contributed by atoms with Crippen molar-refractivity contribution in [1.82, 2.24) is 0 Å². The van der Waals surface area contributed by atoms with Gasteiger partial charge in [0.15, 0.2) is 0 Å². The standard InChI is InChI=1S/C14H9Br3ClF/c1-7-5-12(17)9(6-11(7)16)13(18)8-3-2-4-10(15)14(8)19/h2-6,13H,1H3. The Bertz CT molecular complexity index is 628. The fourth-order valence-corrected chi connectivity index (χ4v) is 3.65. The maximum Gasteiger partial charge on any atom is 0.142 e. The van der Waals surface area contributed by atoms with Gasteiger partial charge in [0.25, 0.3) is 0 Å². The second-order valence-corrected chi connectivity index (χ2v) is 7.13. The van der Waals surface area contributed by atoms with Crippen molar-refractivity contribution < 1.29 is 4.39 Å². The Kier molecular flexibility index (Phi) is 5.09. The van der Waals surface area contributed by atoms with E-state index in [1.54, 1.807) is 18.2 Å². The van der Waals surface area contributed by atoms with Crippen LogP contribution >= 0.6 is 59.4 Å². The van der Waals surface area contributed by atoms with Crippen LogP contribution in [0, 0.1) is 12.7 Å². The first kappa shape index (κ1) is 15.5. The van der Waals surface area contributed by atoms with Gasteiger partial charge in [0.2, 0.25) is 0 Å². The third-order valence-electron chi connectivity index (χ3n) is 2.81. The van der Waals surface area contributed by atoms with Gasteiger partial charge in [-0.3, -0.25) is 0 Å². The lowest BCUT2D eigenvalue weighted by Crippen LogP contribution is -1.99. The van der Waals surface area contributed by atoms with Crippen molar-refractivity contribution in [1.29, 1.82) is 0 Å². The average molecular weight is 471 g/mol. The Morgan fingerprint density at radius 3 is 2.37 bits per heavy atom. The molecule has 100 valence electrons. The van der Waals surface area contributed by atoms with E-state index < -0.39 is 5.38 Å². The van der Waals surface area contributed by atoms with Gasteiger partial charge in [-0.25, -0.2) is 4.39 Å². The molecular weight excluding hydrogens is 462 g/mol. The summed E-state index contributed by atoms with van der Waals surface area (Å²) in [5.41, 5.74) is 2.37. The molecule has 0 heterocycles. The predicted octanol–water partition coefficient (Wildman–Crippen LogP) is 6.75. The first-order valence-electron chi connectivity index (χ1n) is 5.45. The maximum atomic E-state index is 14.1. The Balaban J connectivity index is 2.53.